The summed E-state index contributed by atoms with van der Waals surface area (Å²) in [6.07, 6.45) is 5.00. The van der Waals surface area contributed by atoms with Gasteiger partial charge in [-0.15, -0.1) is 0 Å². The average Bonchev–Trinajstić information content (AvgIpc) is 3.05. The molecule has 0 amide bonds. The highest BCUT2D eigenvalue weighted by molar-refractivity contribution is 5.31. The van der Waals surface area contributed by atoms with Gasteiger partial charge in [0.05, 0.1) is 30.7 Å². The van der Waals surface area contributed by atoms with Gasteiger partial charge in [0.1, 0.15) is 11.6 Å². The van der Waals surface area contributed by atoms with E-state index in [2.05, 4.69) is 36.0 Å². The first-order valence-corrected chi connectivity index (χ1v) is 8.28. The van der Waals surface area contributed by atoms with Crippen molar-refractivity contribution in [3.8, 4) is 0 Å². The molecule has 2 aromatic heterocycles. The number of benzene rings is 1. The minimum absolute atomic E-state index is 0.194. The Morgan fingerprint density at radius 1 is 1.12 bits per heavy atom. The van der Waals surface area contributed by atoms with Crippen molar-refractivity contribution in [2.24, 2.45) is 0 Å². The molecule has 1 aliphatic rings. The average molecular weight is 338 g/mol. The standard InChI is InChI=1S/C18H19FN6/c19-15-3-1-14(2-4-15)12-24-7-8-25-17(13-24)9-16(23-25)10-22-18-11-20-5-6-21-18/h1-6,9,11H,7-8,10,12-13H2,(H,21,22). The van der Waals surface area contributed by atoms with E-state index in [0.29, 0.717) is 6.54 Å². The number of fused-ring (bicyclic) bond motifs is 1. The van der Waals surface area contributed by atoms with Crippen molar-refractivity contribution in [1.29, 1.82) is 0 Å². The van der Waals surface area contributed by atoms with E-state index in [4.69, 9.17) is 0 Å². The maximum absolute atomic E-state index is 13.0. The van der Waals surface area contributed by atoms with Crippen LogP contribution in [0.25, 0.3) is 0 Å². The second-order valence-electron chi connectivity index (χ2n) is 6.13. The number of nitrogens with one attached hydrogen (secondary N) is 1. The molecule has 4 rings (SSSR count). The fraction of sp³-hybridized carbons (Fsp3) is 0.278. The molecule has 6 nitrogen and oxygen atoms in total. The summed E-state index contributed by atoms with van der Waals surface area (Å²) in [6, 6.07) is 8.84. The predicted octanol–water partition coefficient (Wildman–Crippen LogP) is 2.44. The Balaban J connectivity index is 1.38. The largest absolute Gasteiger partial charge is 0.363 e. The monoisotopic (exact) mass is 338 g/mol. The molecule has 3 heterocycles. The summed E-state index contributed by atoms with van der Waals surface area (Å²) >= 11 is 0. The van der Waals surface area contributed by atoms with Gasteiger partial charge >= 0.3 is 0 Å². The van der Waals surface area contributed by atoms with Gasteiger partial charge < -0.3 is 5.32 Å². The van der Waals surface area contributed by atoms with E-state index in [1.807, 2.05) is 12.1 Å². The third kappa shape index (κ3) is 3.83. The zero-order valence-corrected chi connectivity index (χ0v) is 13.8. The molecule has 7 heteroatoms. The first-order valence-electron chi connectivity index (χ1n) is 8.28. The van der Waals surface area contributed by atoms with Crippen LogP contribution in [0.2, 0.25) is 0 Å². The van der Waals surface area contributed by atoms with E-state index in [9.17, 15) is 4.39 Å². The Hall–Kier alpha value is -2.80. The van der Waals surface area contributed by atoms with Gasteiger partial charge in [-0.25, -0.2) is 9.37 Å². The molecule has 0 saturated carbocycles. The van der Waals surface area contributed by atoms with Gasteiger partial charge in [0.25, 0.3) is 0 Å². The van der Waals surface area contributed by atoms with Crippen LogP contribution >= 0.6 is 0 Å². The smallest absolute Gasteiger partial charge is 0.144 e. The topological polar surface area (TPSA) is 58.9 Å². The Morgan fingerprint density at radius 2 is 2.00 bits per heavy atom. The molecule has 1 aromatic carbocycles. The zero-order chi connectivity index (χ0) is 17.1. The number of halogens is 1. The van der Waals surface area contributed by atoms with Crippen molar-refractivity contribution in [1.82, 2.24) is 24.6 Å². The number of anilines is 1. The molecule has 0 atom stereocenters. The Morgan fingerprint density at radius 3 is 2.80 bits per heavy atom. The zero-order valence-electron chi connectivity index (χ0n) is 13.8. The Bertz CT molecular complexity index is 831. The molecule has 0 spiro atoms. The fourth-order valence-electron chi connectivity index (χ4n) is 3.02. The summed E-state index contributed by atoms with van der Waals surface area (Å²) in [5, 5.41) is 7.88. The van der Waals surface area contributed by atoms with Gasteiger partial charge in [0.15, 0.2) is 0 Å². The van der Waals surface area contributed by atoms with Crippen LogP contribution in [0.5, 0.6) is 0 Å². The van der Waals surface area contributed by atoms with Crippen molar-refractivity contribution < 1.29 is 4.39 Å². The molecule has 0 fully saturated rings. The molecule has 0 unspecified atom stereocenters. The quantitative estimate of drug-likeness (QED) is 0.774. The minimum Gasteiger partial charge on any atom is -0.363 e. The van der Waals surface area contributed by atoms with Crippen LogP contribution < -0.4 is 5.32 Å². The maximum atomic E-state index is 13.0. The van der Waals surface area contributed by atoms with Crippen LogP contribution in [0.15, 0.2) is 48.9 Å². The van der Waals surface area contributed by atoms with Crippen molar-refractivity contribution in [2.75, 3.05) is 11.9 Å². The first kappa shape index (κ1) is 15.7. The van der Waals surface area contributed by atoms with Crippen molar-refractivity contribution in [3.05, 3.63) is 71.7 Å². The van der Waals surface area contributed by atoms with Gasteiger partial charge in [-0.2, -0.15) is 5.10 Å². The predicted molar refractivity (Wildman–Crippen MR) is 92.1 cm³/mol. The van der Waals surface area contributed by atoms with Crippen LogP contribution in [-0.2, 0) is 26.2 Å². The van der Waals surface area contributed by atoms with E-state index < -0.39 is 0 Å². The number of hydrogen-bond acceptors (Lipinski definition) is 5. The van der Waals surface area contributed by atoms with Crippen LogP contribution in [0, 0.1) is 5.82 Å². The van der Waals surface area contributed by atoms with Crippen LogP contribution in [0.4, 0.5) is 10.2 Å². The molecule has 0 bridgehead atoms. The lowest BCUT2D eigenvalue weighted by Crippen LogP contribution is -2.33. The lowest BCUT2D eigenvalue weighted by atomic mass is 10.2. The number of aromatic nitrogens is 4. The molecule has 3 aromatic rings. The third-order valence-corrected chi connectivity index (χ3v) is 4.26. The highest BCUT2D eigenvalue weighted by atomic mass is 19.1. The minimum atomic E-state index is -0.194. The van der Waals surface area contributed by atoms with Gasteiger partial charge in [0, 0.05) is 32.0 Å². The van der Waals surface area contributed by atoms with Crippen LogP contribution in [0.1, 0.15) is 17.0 Å². The van der Waals surface area contributed by atoms with Gasteiger partial charge in [-0.05, 0) is 23.8 Å². The molecular formula is C18H19FN6. The summed E-state index contributed by atoms with van der Waals surface area (Å²) in [5.41, 5.74) is 3.31. The summed E-state index contributed by atoms with van der Waals surface area (Å²) < 4.78 is 15.1. The maximum Gasteiger partial charge on any atom is 0.144 e. The summed E-state index contributed by atoms with van der Waals surface area (Å²) in [5.74, 6) is 0.548. The molecule has 25 heavy (non-hydrogen) atoms. The van der Waals surface area contributed by atoms with Crippen molar-refractivity contribution >= 4 is 5.82 Å². The molecule has 1 aliphatic heterocycles. The van der Waals surface area contributed by atoms with E-state index in [0.717, 1.165) is 43.3 Å². The SMILES string of the molecule is Fc1ccc(CN2CCn3nc(CNc4cnccn4)cc3C2)cc1. The van der Waals surface area contributed by atoms with Crippen LogP contribution in [0.3, 0.4) is 0 Å². The molecular weight excluding hydrogens is 319 g/mol. The number of hydrogen-bond donors (Lipinski definition) is 1. The molecule has 0 saturated heterocycles. The van der Waals surface area contributed by atoms with E-state index in [1.54, 1.807) is 18.6 Å². The van der Waals surface area contributed by atoms with Gasteiger partial charge in [-0.3, -0.25) is 14.6 Å². The van der Waals surface area contributed by atoms with Gasteiger partial charge in [0.2, 0.25) is 0 Å². The van der Waals surface area contributed by atoms with Crippen molar-refractivity contribution in [2.45, 2.75) is 26.2 Å². The molecule has 1 N–H and O–H groups in total. The summed E-state index contributed by atoms with van der Waals surface area (Å²) in [7, 11) is 0. The normalized spacial score (nSPS) is 14.3. The van der Waals surface area contributed by atoms with Crippen LogP contribution in [-0.4, -0.2) is 31.2 Å². The molecule has 0 aliphatic carbocycles. The Labute approximate surface area is 145 Å². The fourth-order valence-corrected chi connectivity index (χ4v) is 3.02. The first-order chi connectivity index (χ1) is 12.3. The van der Waals surface area contributed by atoms with Gasteiger partial charge in [-0.1, -0.05) is 12.1 Å². The third-order valence-electron chi connectivity index (χ3n) is 4.26. The number of rotatable bonds is 5. The number of nitrogens with zero attached hydrogens (tertiary/aromatic N) is 5. The lowest BCUT2D eigenvalue weighted by Gasteiger charge is -2.27. The van der Waals surface area contributed by atoms with E-state index in [1.165, 1.54) is 17.8 Å². The molecule has 0 radical (unpaired) electrons. The molecule has 128 valence electrons. The summed E-state index contributed by atoms with van der Waals surface area (Å²) in [4.78, 5) is 10.6. The second kappa shape index (κ2) is 6.98. The van der Waals surface area contributed by atoms with E-state index >= 15 is 0 Å². The summed E-state index contributed by atoms with van der Waals surface area (Å²) in [6.45, 7) is 4.08. The van der Waals surface area contributed by atoms with Crippen molar-refractivity contribution in [3.63, 3.8) is 0 Å². The highest BCUT2D eigenvalue weighted by Gasteiger charge is 2.18. The second-order valence-corrected chi connectivity index (χ2v) is 6.13. The lowest BCUT2D eigenvalue weighted by molar-refractivity contribution is 0.205. The van der Waals surface area contributed by atoms with E-state index in [-0.39, 0.29) is 5.82 Å². The Kier molecular flexibility index (Phi) is 4.39. The highest BCUT2D eigenvalue weighted by Crippen LogP contribution is 2.17.